The normalized spacial score (nSPS) is 18.0. The molecular formula is C11H11NO2. The van der Waals surface area contributed by atoms with Crippen LogP contribution in [-0.4, -0.2) is 18.2 Å². The van der Waals surface area contributed by atoms with Gasteiger partial charge in [0.15, 0.2) is 6.29 Å². The molecule has 1 aromatic carbocycles. The van der Waals surface area contributed by atoms with Crippen LogP contribution in [0, 0.1) is 0 Å². The Morgan fingerprint density at radius 1 is 1.14 bits per heavy atom. The Labute approximate surface area is 81.6 Å². The molecule has 3 rings (SSSR count). The first-order chi connectivity index (χ1) is 6.93. The van der Waals surface area contributed by atoms with Crippen molar-refractivity contribution in [2.24, 2.45) is 0 Å². The number of hydrogen-bond donors (Lipinski definition) is 1. The second-order valence-corrected chi connectivity index (χ2v) is 3.39. The van der Waals surface area contributed by atoms with Gasteiger partial charge in [-0.3, -0.25) is 0 Å². The molecule has 3 heteroatoms. The zero-order valence-corrected chi connectivity index (χ0v) is 7.69. The van der Waals surface area contributed by atoms with Gasteiger partial charge in [0.05, 0.1) is 18.9 Å². The van der Waals surface area contributed by atoms with Gasteiger partial charge < -0.3 is 14.5 Å². The summed E-state index contributed by atoms with van der Waals surface area (Å²) in [5, 5.41) is 1.20. The van der Waals surface area contributed by atoms with Crippen molar-refractivity contribution in [3.63, 3.8) is 0 Å². The lowest BCUT2D eigenvalue weighted by molar-refractivity contribution is -0.0467. The molecule has 0 saturated carbocycles. The number of para-hydroxylation sites is 1. The number of aromatic nitrogens is 1. The number of benzene rings is 1. The summed E-state index contributed by atoms with van der Waals surface area (Å²) in [6, 6.07) is 10.2. The molecule has 1 aromatic heterocycles. The lowest BCUT2D eigenvalue weighted by Gasteiger charge is -2.04. The predicted octanol–water partition coefficient (Wildman–Crippen LogP) is 2.21. The first-order valence-electron chi connectivity index (χ1n) is 4.74. The van der Waals surface area contributed by atoms with Crippen LogP contribution in [0.15, 0.2) is 30.3 Å². The maximum absolute atomic E-state index is 5.42. The topological polar surface area (TPSA) is 34.2 Å². The Hall–Kier alpha value is -1.32. The average Bonchev–Trinajstić information content (AvgIpc) is 2.86. The van der Waals surface area contributed by atoms with Gasteiger partial charge in [-0.05, 0) is 17.5 Å². The van der Waals surface area contributed by atoms with Crippen molar-refractivity contribution >= 4 is 10.9 Å². The highest BCUT2D eigenvalue weighted by Crippen LogP contribution is 2.25. The molecule has 0 bridgehead atoms. The van der Waals surface area contributed by atoms with E-state index in [2.05, 4.69) is 17.1 Å². The molecule has 1 fully saturated rings. The van der Waals surface area contributed by atoms with Crippen LogP contribution in [0.4, 0.5) is 0 Å². The zero-order valence-electron chi connectivity index (χ0n) is 7.69. The third-order valence-corrected chi connectivity index (χ3v) is 2.43. The van der Waals surface area contributed by atoms with Gasteiger partial charge in [-0.2, -0.15) is 0 Å². The summed E-state index contributed by atoms with van der Waals surface area (Å²) >= 11 is 0. The number of ether oxygens (including phenoxy) is 2. The van der Waals surface area contributed by atoms with E-state index in [0.29, 0.717) is 13.2 Å². The van der Waals surface area contributed by atoms with Crippen LogP contribution in [0.2, 0.25) is 0 Å². The van der Waals surface area contributed by atoms with Gasteiger partial charge in [-0.25, -0.2) is 0 Å². The number of rotatable bonds is 1. The first kappa shape index (κ1) is 8.03. The molecule has 0 amide bonds. The van der Waals surface area contributed by atoms with E-state index >= 15 is 0 Å². The van der Waals surface area contributed by atoms with E-state index in [4.69, 9.17) is 9.47 Å². The van der Waals surface area contributed by atoms with Crippen LogP contribution >= 0.6 is 0 Å². The third kappa shape index (κ3) is 1.22. The van der Waals surface area contributed by atoms with E-state index in [1.54, 1.807) is 0 Å². The van der Waals surface area contributed by atoms with Crippen molar-refractivity contribution in [1.29, 1.82) is 0 Å². The Morgan fingerprint density at radius 2 is 1.93 bits per heavy atom. The molecule has 0 unspecified atom stereocenters. The molecule has 1 aliphatic heterocycles. The first-order valence-corrected chi connectivity index (χ1v) is 4.74. The lowest BCUT2D eigenvalue weighted by Crippen LogP contribution is -1.97. The van der Waals surface area contributed by atoms with Crippen molar-refractivity contribution in [2.75, 3.05) is 13.2 Å². The summed E-state index contributed by atoms with van der Waals surface area (Å²) in [4.78, 5) is 3.29. The van der Waals surface area contributed by atoms with E-state index in [9.17, 15) is 0 Å². The number of nitrogens with one attached hydrogen (secondary N) is 1. The Kier molecular flexibility index (Phi) is 1.79. The molecule has 72 valence electrons. The Morgan fingerprint density at radius 3 is 2.71 bits per heavy atom. The van der Waals surface area contributed by atoms with Gasteiger partial charge in [-0.15, -0.1) is 0 Å². The number of aromatic amines is 1. The molecule has 2 heterocycles. The number of hydrogen-bond acceptors (Lipinski definition) is 2. The maximum Gasteiger partial charge on any atom is 0.199 e. The standard InChI is InChI=1S/C11H11NO2/c1-2-4-9-8(3-1)7-10(12-9)11-13-5-6-14-11/h1-4,7,11-12H,5-6H2. The summed E-state index contributed by atoms with van der Waals surface area (Å²) < 4.78 is 10.8. The fourth-order valence-corrected chi connectivity index (χ4v) is 1.76. The summed E-state index contributed by atoms with van der Waals surface area (Å²) in [5.74, 6) is 0. The molecule has 0 atom stereocenters. The van der Waals surface area contributed by atoms with Crippen molar-refractivity contribution in [3.8, 4) is 0 Å². The molecule has 14 heavy (non-hydrogen) atoms. The number of fused-ring (bicyclic) bond motifs is 1. The van der Waals surface area contributed by atoms with Crippen LogP contribution < -0.4 is 0 Å². The fourth-order valence-electron chi connectivity index (χ4n) is 1.76. The van der Waals surface area contributed by atoms with Crippen molar-refractivity contribution in [1.82, 2.24) is 4.98 Å². The van der Waals surface area contributed by atoms with Crippen LogP contribution in [0.3, 0.4) is 0 Å². The quantitative estimate of drug-likeness (QED) is 0.746. The molecular weight excluding hydrogens is 178 g/mol. The molecule has 1 saturated heterocycles. The molecule has 0 radical (unpaired) electrons. The van der Waals surface area contributed by atoms with Gasteiger partial charge in [0.25, 0.3) is 0 Å². The summed E-state index contributed by atoms with van der Waals surface area (Å²) in [7, 11) is 0. The van der Waals surface area contributed by atoms with Crippen LogP contribution in [0.25, 0.3) is 10.9 Å². The van der Waals surface area contributed by atoms with E-state index in [-0.39, 0.29) is 6.29 Å². The van der Waals surface area contributed by atoms with Crippen molar-refractivity contribution in [3.05, 3.63) is 36.0 Å². The number of H-pyrrole nitrogens is 1. The predicted molar refractivity (Wildman–Crippen MR) is 52.9 cm³/mol. The van der Waals surface area contributed by atoms with Crippen LogP contribution in [0.1, 0.15) is 12.0 Å². The Bertz CT molecular complexity index is 410. The van der Waals surface area contributed by atoms with E-state index < -0.39 is 0 Å². The highest BCUT2D eigenvalue weighted by atomic mass is 16.7. The fraction of sp³-hybridized carbons (Fsp3) is 0.273. The largest absolute Gasteiger partial charge is 0.354 e. The van der Waals surface area contributed by atoms with Gasteiger partial charge in [0.1, 0.15) is 0 Å². The molecule has 1 aliphatic rings. The highest BCUT2D eigenvalue weighted by molar-refractivity contribution is 5.80. The van der Waals surface area contributed by atoms with Crippen LogP contribution in [0.5, 0.6) is 0 Å². The average molecular weight is 189 g/mol. The van der Waals surface area contributed by atoms with Gasteiger partial charge >= 0.3 is 0 Å². The minimum absolute atomic E-state index is 0.206. The minimum atomic E-state index is -0.206. The molecule has 0 spiro atoms. The SMILES string of the molecule is c1ccc2[nH]c(C3OCCO3)cc2c1. The zero-order chi connectivity index (χ0) is 9.38. The summed E-state index contributed by atoms with van der Waals surface area (Å²) in [5.41, 5.74) is 2.13. The second-order valence-electron chi connectivity index (χ2n) is 3.39. The molecule has 1 N–H and O–H groups in total. The van der Waals surface area contributed by atoms with Gasteiger partial charge in [0.2, 0.25) is 0 Å². The maximum atomic E-state index is 5.42. The monoisotopic (exact) mass is 189 g/mol. The molecule has 0 aliphatic carbocycles. The van der Waals surface area contributed by atoms with Crippen molar-refractivity contribution < 1.29 is 9.47 Å². The van der Waals surface area contributed by atoms with E-state index in [1.807, 2.05) is 18.2 Å². The molecule has 3 nitrogen and oxygen atoms in total. The third-order valence-electron chi connectivity index (χ3n) is 2.43. The van der Waals surface area contributed by atoms with E-state index in [0.717, 1.165) is 11.2 Å². The highest BCUT2D eigenvalue weighted by Gasteiger charge is 2.19. The van der Waals surface area contributed by atoms with E-state index in [1.165, 1.54) is 5.39 Å². The lowest BCUT2D eigenvalue weighted by atomic mass is 10.2. The summed E-state index contributed by atoms with van der Waals surface area (Å²) in [6.07, 6.45) is -0.206. The van der Waals surface area contributed by atoms with Gasteiger partial charge in [-0.1, -0.05) is 18.2 Å². The minimum Gasteiger partial charge on any atom is -0.354 e. The smallest absolute Gasteiger partial charge is 0.199 e. The molecule has 2 aromatic rings. The Balaban J connectivity index is 2.05. The van der Waals surface area contributed by atoms with Crippen molar-refractivity contribution in [2.45, 2.75) is 6.29 Å². The summed E-state index contributed by atoms with van der Waals surface area (Å²) in [6.45, 7) is 1.36. The second kappa shape index (κ2) is 3.12. The van der Waals surface area contributed by atoms with Crippen LogP contribution in [-0.2, 0) is 9.47 Å². The van der Waals surface area contributed by atoms with Gasteiger partial charge in [0, 0.05) is 5.52 Å².